The summed E-state index contributed by atoms with van der Waals surface area (Å²) in [5, 5.41) is 9.10. The zero-order chi connectivity index (χ0) is 10.0. The summed E-state index contributed by atoms with van der Waals surface area (Å²) >= 11 is 0. The molecule has 4 nitrogen and oxygen atoms in total. The lowest BCUT2D eigenvalue weighted by Crippen LogP contribution is -2.46. The van der Waals surface area contributed by atoms with Gasteiger partial charge in [-0.15, -0.1) is 0 Å². The second-order valence-electron chi connectivity index (χ2n) is 3.84. The van der Waals surface area contributed by atoms with Crippen LogP contribution < -0.4 is 5.73 Å². The van der Waals surface area contributed by atoms with Gasteiger partial charge in [-0.25, -0.2) is 0 Å². The van der Waals surface area contributed by atoms with Gasteiger partial charge in [0, 0.05) is 6.54 Å². The zero-order valence-corrected chi connectivity index (χ0v) is 8.23. The minimum absolute atomic E-state index is 0.0292. The number of hydrogen-bond acceptors (Lipinski definition) is 3. The molecule has 3 N–H and O–H groups in total. The number of nitrogens with zero attached hydrogens (tertiary/aromatic N) is 1. The second kappa shape index (κ2) is 4.07. The smallest absolute Gasteiger partial charge is 0.239 e. The highest BCUT2D eigenvalue weighted by molar-refractivity contribution is 5.81. The molecule has 76 valence electrons. The molecule has 0 aromatic rings. The van der Waals surface area contributed by atoms with E-state index in [2.05, 4.69) is 6.92 Å². The second-order valence-corrected chi connectivity index (χ2v) is 3.84. The Morgan fingerprint density at radius 3 is 2.85 bits per heavy atom. The Morgan fingerprint density at radius 1 is 1.77 bits per heavy atom. The molecule has 1 fully saturated rings. The molecular formula is C9H18N2O2. The summed E-state index contributed by atoms with van der Waals surface area (Å²) < 4.78 is 0. The van der Waals surface area contributed by atoms with E-state index < -0.39 is 6.04 Å². The molecule has 0 aliphatic carbocycles. The zero-order valence-electron chi connectivity index (χ0n) is 8.23. The Morgan fingerprint density at radius 2 is 2.38 bits per heavy atom. The summed E-state index contributed by atoms with van der Waals surface area (Å²) in [6.07, 6.45) is 0.962. The van der Waals surface area contributed by atoms with Gasteiger partial charge in [-0.05, 0) is 19.3 Å². The third kappa shape index (κ3) is 2.00. The number of aliphatic hydroxyl groups is 1. The molecular weight excluding hydrogens is 168 g/mol. The number of nitrogens with two attached hydrogens (primary N) is 1. The van der Waals surface area contributed by atoms with Crippen LogP contribution in [0.5, 0.6) is 0 Å². The standard InChI is InChI=1S/C9H18N2O2/c1-6-3-4-11(8(6)5-12)9(13)7(2)10/h6-8,12H,3-5,10H2,1-2H3. The summed E-state index contributed by atoms with van der Waals surface area (Å²) in [4.78, 5) is 13.3. The van der Waals surface area contributed by atoms with Crippen molar-refractivity contribution in [3.8, 4) is 0 Å². The molecule has 1 heterocycles. The van der Waals surface area contributed by atoms with Crippen LogP contribution >= 0.6 is 0 Å². The summed E-state index contributed by atoms with van der Waals surface area (Å²) in [6, 6.07) is -0.488. The molecule has 0 aromatic heterocycles. The van der Waals surface area contributed by atoms with Crippen molar-refractivity contribution in [3.63, 3.8) is 0 Å². The van der Waals surface area contributed by atoms with E-state index in [1.54, 1.807) is 11.8 Å². The van der Waals surface area contributed by atoms with E-state index in [9.17, 15) is 4.79 Å². The fraction of sp³-hybridized carbons (Fsp3) is 0.889. The average Bonchev–Trinajstić information content (AvgIpc) is 2.45. The minimum Gasteiger partial charge on any atom is -0.394 e. The quantitative estimate of drug-likeness (QED) is 0.614. The van der Waals surface area contributed by atoms with Crippen molar-refractivity contribution in [1.29, 1.82) is 0 Å². The van der Waals surface area contributed by atoms with Gasteiger partial charge in [0.15, 0.2) is 0 Å². The highest BCUT2D eigenvalue weighted by Gasteiger charge is 2.34. The van der Waals surface area contributed by atoms with E-state index in [1.807, 2.05) is 0 Å². The average molecular weight is 186 g/mol. The van der Waals surface area contributed by atoms with Crippen LogP contribution in [-0.4, -0.2) is 41.1 Å². The van der Waals surface area contributed by atoms with Gasteiger partial charge in [-0.2, -0.15) is 0 Å². The predicted octanol–water partition coefficient (Wildman–Crippen LogP) is -0.437. The van der Waals surface area contributed by atoms with Crippen molar-refractivity contribution in [2.45, 2.75) is 32.4 Å². The molecule has 0 saturated carbocycles. The van der Waals surface area contributed by atoms with Crippen molar-refractivity contribution in [2.24, 2.45) is 11.7 Å². The van der Waals surface area contributed by atoms with Crippen LogP contribution in [0, 0.1) is 5.92 Å². The van der Waals surface area contributed by atoms with Crippen LogP contribution in [0.2, 0.25) is 0 Å². The largest absolute Gasteiger partial charge is 0.394 e. The van der Waals surface area contributed by atoms with Crippen LogP contribution in [0.3, 0.4) is 0 Å². The fourth-order valence-corrected chi connectivity index (χ4v) is 1.82. The molecule has 0 spiro atoms. The van der Waals surface area contributed by atoms with Gasteiger partial charge in [-0.3, -0.25) is 4.79 Å². The topological polar surface area (TPSA) is 66.6 Å². The lowest BCUT2D eigenvalue weighted by Gasteiger charge is -2.26. The van der Waals surface area contributed by atoms with Crippen molar-refractivity contribution in [3.05, 3.63) is 0 Å². The lowest BCUT2D eigenvalue weighted by atomic mass is 10.0. The summed E-state index contributed by atoms with van der Waals surface area (Å²) in [5.41, 5.74) is 5.51. The molecule has 0 bridgehead atoms. The van der Waals surface area contributed by atoms with Crippen LogP contribution in [0.15, 0.2) is 0 Å². The van der Waals surface area contributed by atoms with E-state index in [0.717, 1.165) is 13.0 Å². The molecule has 1 aliphatic heterocycles. The van der Waals surface area contributed by atoms with E-state index in [-0.39, 0.29) is 18.6 Å². The Kier molecular flexibility index (Phi) is 3.27. The van der Waals surface area contributed by atoms with E-state index in [4.69, 9.17) is 10.8 Å². The van der Waals surface area contributed by atoms with E-state index in [1.165, 1.54) is 0 Å². The first kappa shape index (κ1) is 10.5. The fourth-order valence-electron chi connectivity index (χ4n) is 1.82. The van der Waals surface area contributed by atoms with E-state index in [0.29, 0.717) is 5.92 Å². The van der Waals surface area contributed by atoms with Crippen molar-refractivity contribution in [2.75, 3.05) is 13.2 Å². The van der Waals surface area contributed by atoms with Gasteiger partial charge in [0.25, 0.3) is 0 Å². The number of aliphatic hydroxyl groups excluding tert-OH is 1. The maximum Gasteiger partial charge on any atom is 0.239 e. The lowest BCUT2D eigenvalue weighted by molar-refractivity contribution is -0.134. The maximum absolute atomic E-state index is 11.5. The van der Waals surface area contributed by atoms with E-state index >= 15 is 0 Å². The molecule has 1 aliphatic rings. The molecule has 1 saturated heterocycles. The number of rotatable bonds is 2. The van der Waals surface area contributed by atoms with Crippen LogP contribution in [0.25, 0.3) is 0 Å². The Labute approximate surface area is 78.7 Å². The third-order valence-electron chi connectivity index (χ3n) is 2.74. The first-order valence-electron chi connectivity index (χ1n) is 4.74. The molecule has 1 rings (SSSR count). The van der Waals surface area contributed by atoms with Gasteiger partial charge in [0.05, 0.1) is 18.7 Å². The van der Waals surface area contributed by atoms with Gasteiger partial charge in [0.2, 0.25) is 5.91 Å². The van der Waals surface area contributed by atoms with Gasteiger partial charge >= 0.3 is 0 Å². The number of carbonyl (C=O) groups is 1. The van der Waals surface area contributed by atoms with Crippen LogP contribution in [0.1, 0.15) is 20.3 Å². The highest BCUT2D eigenvalue weighted by Crippen LogP contribution is 2.23. The Hall–Kier alpha value is -0.610. The first-order chi connectivity index (χ1) is 6.07. The van der Waals surface area contributed by atoms with Crippen LogP contribution in [-0.2, 0) is 4.79 Å². The number of carbonyl (C=O) groups excluding carboxylic acids is 1. The van der Waals surface area contributed by atoms with Crippen molar-refractivity contribution < 1.29 is 9.90 Å². The predicted molar refractivity (Wildman–Crippen MR) is 50.0 cm³/mol. The first-order valence-corrected chi connectivity index (χ1v) is 4.74. The monoisotopic (exact) mass is 186 g/mol. The van der Waals surface area contributed by atoms with Crippen LogP contribution in [0.4, 0.5) is 0 Å². The summed E-state index contributed by atoms with van der Waals surface area (Å²) in [7, 11) is 0. The molecule has 1 amide bonds. The number of likely N-dealkylation sites (tertiary alicyclic amines) is 1. The van der Waals surface area contributed by atoms with Crippen molar-refractivity contribution in [1.82, 2.24) is 4.90 Å². The third-order valence-corrected chi connectivity index (χ3v) is 2.74. The maximum atomic E-state index is 11.5. The Bertz CT molecular complexity index is 194. The number of hydrogen-bond donors (Lipinski definition) is 2. The van der Waals surface area contributed by atoms with Gasteiger partial charge in [0.1, 0.15) is 0 Å². The molecule has 13 heavy (non-hydrogen) atoms. The highest BCUT2D eigenvalue weighted by atomic mass is 16.3. The Balaban J connectivity index is 2.65. The SMILES string of the molecule is CC(N)C(=O)N1CCC(C)C1CO. The molecule has 3 atom stereocenters. The summed E-state index contributed by atoms with van der Waals surface area (Å²) in [5.74, 6) is 0.330. The molecule has 4 heteroatoms. The summed E-state index contributed by atoms with van der Waals surface area (Å²) in [6.45, 7) is 4.50. The number of amides is 1. The normalized spacial score (nSPS) is 30.6. The molecule has 0 radical (unpaired) electrons. The molecule has 0 aromatic carbocycles. The van der Waals surface area contributed by atoms with Gasteiger partial charge in [-0.1, -0.05) is 6.92 Å². The van der Waals surface area contributed by atoms with Crippen molar-refractivity contribution >= 4 is 5.91 Å². The molecule has 3 unspecified atom stereocenters. The minimum atomic E-state index is -0.459. The van der Waals surface area contributed by atoms with Gasteiger partial charge < -0.3 is 15.7 Å².